The maximum absolute atomic E-state index is 13.5. The average molecular weight is 819 g/mol. The van der Waals surface area contributed by atoms with Gasteiger partial charge < -0.3 is 23.8 Å². The standard InChI is InChI=1S/C42H62N6O5SSi2/c1-42(2,3)53-41(49)47-33-22-32(23-34(47)27-52-26-33)37-38(54-4)40(46(28-50-18-20-55(5,6)7)29-51-19-21-56(8,9)10)48-39(45-37)35(25-44-48)31-16-17-36(43-24-31)30-14-12-11-13-15-30/h11-17,24-25,32-34H,18-23,26-29H2,1-10H3. The normalized spacial score (nSPS) is 19.0. The summed E-state index contributed by atoms with van der Waals surface area (Å²) in [5, 5.41) is 5.04. The van der Waals surface area contributed by atoms with E-state index < -0.39 is 21.7 Å². The van der Waals surface area contributed by atoms with Gasteiger partial charge in [-0.05, 0) is 58.0 Å². The van der Waals surface area contributed by atoms with Crippen molar-refractivity contribution < 1.29 is 23.7 Å². The Kier molecular flexibility index (Phi) is 13.4. The number of morpholine rings is 1. The van der Waals surface area contributed by atoms with E-state index in [1.807, 2.05) is 60.8 Å². The summed E-state index contributed by atoms with van der Waals surface area (Å²) in [5.41, 5.74) is 5.00. The Morgan fingerprint density at radius 1 is 0.893 bits per heavy atom. The molecule has 2 aliphatic heterocycles. The highest BCUT2D eigenvalue weighted by Gasteiger charge is 2.45. The molecule has 2 atom stereocenters. The monoisotopic (exact) mass is 818 g/mol. The summed E-state index contributed by atoms with van der Waals surface area (Å²) >= 11 is 1.68. The summed E-state index contributed by atoms with van der Waals surface area (Å²) in [6, 6.07) is 16.3. The number of aromatic nitrogens is 4. The van der Waals surface area contributed by atoms with E-state index in [9.17, 15) is 4.79 Å². The van der Waals surface area contributed by atoms with Crippen molar-refractivity contribution in [2.75, 3.05) is 51.0 Å². The number of amides is 1. The van der Waals surface area contributed by atoms with Gasteiger partial charge >= 0.3 is 6.09 Å². The molecule has 14 heteroatoms. The second-order valence-corrected chi connectivity index (χ2v) is 30.6. The number of carbonyl (C=O) groups excluding carboxylic acids is 1. The third kappa shape index (κ3) is 10.6. The van der Waals surface area contributed by atoms with E-state index in [2.05, 4.69) is 74.7 Å². The lowest BCUT2D eigenvalue weighted by Crippen LogP contribution is -2.59. The number of pyridine rings is 1. The van der Waals surface area contributed by atoms with E-state index in [1.165, 1.54) is 0 Å². The minimum Gasteiger partial charge on any atom is -0.444 e. The van der Waals surface area contributed by atoms with Crippen LogP contribution in [0.2, 0.25) is 51.4 Å². The minimum absolute atomic E-state index is 0.0718. The molecule has 2 aliphatic rings. The summed E-state index contributed by atoms with van der Waals surface area (Å²) in [6.45, 7) is 23.0. The summed E-state index contributed by atoms with van der Waals surface area (Å²) in [6.07, 6.45) is 7.08. The van der Waals surface area contributed by atoms with Crippen LogP contribution in [0.3, 0.4) is 0 Å². The topological polar surface area (TPSA) is 104 Å². The molecule has 2 unspecified atom stereocenters. The van der Waals surface area contributed by atoms with Crippen LogP contribution in [0.1, 0.15) is 45.2 Å². The van der Waals surface area contributed by atoms with Crippen molar-refractivity contribution in [3.8, 4) is 22.4 Å². The lowest BCUT2D eigenvalue weighted by Gasteiger charge is -2.48. The lowest BCUT2D eigenvalue weighted by molar-refractivity contribution is -0.0829. The summed E-state index contributed by atoms with van der Waals surface area (Å²) < 4.78 is 26.9. The zero-order chi connectivity index (χ0) is 40.3. The van der Waals surface area contributed by atoms with Gasteiger partial charge in [0.25, 0.3) is 0 Å². The number of rotatable bonds is 15. The third-order valence-electron chi connectivity index (χ3n) is 10.3. The largest absolute Gasteiger partial charge is 0.444 e. The van der Waals surface area contributed by atoms with Crippen molar-refractivity contribution in [1.29, 1.82) is 0 Å². The Morgan fingerprint density at radius 2 is 1.52 bits per heavy atom. The van der Waals surface area contributed by atoms with Gasteiger partial charge in [-0.1, -0.05) is 75.7 Å². The first-order chi connectivity index (χ1) is 26.5. The fourth-order valence-corrected chi connectivity index (χ4v) is 9.62. The Morgan fingerprint density at radius 3 is 2.05 bits per heavy atom. The number of hydrogen-bond donors (Lipinski definition) is 0. The van der Waals surface area contributed by atoms with Gasteiger partial charge in [-0.15, -0.1) is 11.8 Å². The van der Waals surface area contributed by atoms with Gasteiger partial charge in [0.05, 0.1) is 47.8 Å². The molecule has 4 aromatic rings. The molecule has 0 radical (unpaired) electrons. The molecule has 2 fully saturated rings. The number of nitrogens with zero attached hydrogens (tertiary/aromatic N) is 6. The number of hydrogen-bond acceptors (Lipinski definition) is 10. The second-order valence-electron chi connectivity index (χ2n) is 18.6. The Hall–Kier alpha value is -3.28. The molecule has 0 aliphatic carbocycles. The SMILES string of the molecule is CSc1c(C2CC3COCC(C2)N3C(=O)OC(C)(C)C)nc2c(-c3ccc(-c4ccccc4)nc3)cnn2c1N(COCC[Si](C)(C)C)COCC[Si](C)(C)C. The maximum Gasteiger partial charge on any atom is 0.410 e. The van der Waals surface area contributed by atoms with E-state index in [4.69, 9.17) is 34.0 Å². The van der Waals surface area contributed by atoms with Crippen molar-refractivity contribution in [3.63, 3.8) is 0 Å². The zero-order valence-corrected chi connectivity index (χ0v) is 37.9. The zero-order valence-electron chi connectivity index (χ0n) is 35.1. The molecule has 5 heterocycles. The van der Waals surface area contributed by atoms with Gasteiger partial charge in [0, 0.05) is 58.2 Å². The summed E-state index contributed by atoms with van der Waals surface area (Å²) in [4.78, 5) is 29.1. The van der Waals surface area contributed by atoms with E-state index in [1.54, 1.807) is 11.8 Å². The summed E-state index contributed by atoms with van der Waals surface area (Å²) in [5.74, 6) is 0.984. The number of carbonyl (C=O) groups is 1. The molecule has 1 amide bonds. The summed E-state index contributed by atoms with van der Waals surface area (Å²) in [7, 11) is -2.61. The quantitative estimate of drug-likeness (QED) is 0.0499. The minimum atomic E-state index is -1.31. The average Bonchev–Trinajstić information content (AvgIpc) is 3.55. The van der Waals surface area contributed by atoms with Gasteiger partial charge in [0.2, 0.25) is 0 Å². The van der Waals surface area contributed by atoms with Crippen LogP contribution in [-0.4, -0.2) is 111 Å². The fourth-order valence-electron chi connectivity index (χ4n) is 7.28. The predicted octanol–water partition coefficient (Wildman–Crippen LogP) is 9.49. The van der Waals surface area contributed by atoms with Gasteiger partial charge in [-0.3, -0.25) is 9.88 Å². The first-order valence-corrected chi connectivity index (χ1v) is 28.6. The lowest BCUT2D eigenvalue weighted by atomic mass is 9.83. The Bertz CT molecular complexity index is 1890. The van der Waals surface area contributed by atoms with E-state index >= 15 is 0 Å². The highest BCUT2D eigenvalue weighted by Crippen LogP contribution is 2.44. The Labute approximate surface area is 339 Å². The molecule has 11 nitrogen and oxygen atoms in total. The van der Waals surface area contributed by atoms with Crippen molar-refractivity contribution in [1.82, 2.24) is 24.5 Å². The molecule has 304 valence electrons. The van der Waals surface area contributed by atoms with Crippen molar-refractivity contribution in [2.45, 2.75) is 113 Å². The van der Waals surface area contributed by atoms with Crippen molar-refractivity contribution in [2.24, 2.45) is 0 Å². The van der Waals surface area contributed by atoms with E-state index in [-0.39, 0.29) is 24.1 Å². The molecule has 1 aromatic carbocycles. The molecule has 0 saturated carbocycles. The number of fused-ring (bicyclic) bond motifs is 3. The smallest absolute Gasteiger partial charge is 0.410 e. The second kappa shape index (κ2) is 17.7. The molecule has 2 saturated heterocycles. The van der Waals surface area contributed by atoms with Crippen LogP contribution in [0.15, 0.2) is 59.8 Å². The number of ether oxygens (including phenoxy) is 4. The van der Waals surface area contributed by atoms with Crippen LogP contribution in [0.25, 0.3) is 28.0 Å². The number of thioether (sulfide) groups is 1. The van der Waals surface area contributed by atoms with Crippen molar-refractivity contribution in [3.05, 3.63) is 60.6 Å². The first-order valence-electron chi connectivity index (χ1n) is 20.0. The van der Waals surface area contributed by atoms with E-state index in [0.29, 0.717) is 52.7 Å². The molecule has 2 bridgehead atoms. The Balaban J connectivity index is 1.43. The van der Waals surface area contributed by atoms with Crippen molar-refractivity contribution >= 4 is 45.5 Å². The molecule has 3 aromatic heterocycles. The first kappa shape index (κ1) is 42.3. The van der Waals surface area contributed by atoms with Crippen LogP contribution in [-0.2, 0) is 18.9 Å². The molecule has 56 heavy (non-hydrogen) atoms. The third-order valence-corrected chi connectivity index (χ3v) is 14.5. The van der Waals surface area contributed by atoms with Crippen LogP contribution in [0.5, 0.6) is 0 Å². The van der Waals surface area contributed by atoms with Crippen LogP contribution in [0.4, 0.5) is 10.6 Å². The van der Waals surface area contributed by atoms with Gasteiger partial charge in [-0.25, -0.2) is 9.78 Å². The molecular formula is C42H62N6O5SSi2. The van der Waals surface area contributed by atoms with E-state index in [0.717, 1.165) is 56.5 Å². The molecule has 0 spiro atoms. The number of anilines is 1. The fraction of sp³-hybridized carbons (Fsp3) is 0.571. The molecule has 6 rings (SSSR count). The highest BCUT2D eigenvalue weighted by atomic mass is 32.2. The number of benzene rings is 1. The van der Waals surface area contributed by atoms with Gasteiger partial charge in [-0.2, -0.15) is 9.61 Å². The van der Waals surface area contributed by atoms with Gasteiger partial charge in [0.1, 0.15) is 19.1 Å². The highest BCUT2D eigenvalue weighted by molar-refractivity contribution is 7.98. The predicted molar refractivity (Wildman–Crippen MR) is 232 cm³/mol. The van der Waals surface area contributed by atoms with Crippen LogP contribution >= 0.6 is 11.8 Å². The molecule has 0 N–H and O–H groups in total. The van der Waals surface area contributed by atoms with Gasteiger partial charge in [0.15, 0.2) is 11.5 Å². The molecular weight excluding hydrogens is 757 g/mol. The number of piperidine rings is 1. The maximum atomic E-state index is 13.5. The van der Waals surface area contributed by atoms with Crippen LogP contribution < -0.4 is 4.90 Å². The van der Waals surface area contributed by atoms with Crippen LogP contribution in [0, 0.1) is 0 Å².